The van der Waals surface area contributed by atoms with Gasteiger partial charge in [0.1, 0.15) is 0 Å². The average molecular weight is 792 g/mol. The molecule has 1 aliphatic rings. The standard InChI is InChI=1S/C61H45N/c1-61(2)57-40-51(38-39-55(57)60-54-24-13-12-23-53(54)56(41-58(60)61)49-32-28-46(29-33-49)43-18-8-4-9-19-43)62(50-36-34-47(35-37-50)44-20-10-5-11-21-44)59-25-15-14-22-52(59)48-30-26-45(27-31-48)42-16-6-3-7-17-42/h3-41H,1-2H3. The molecule has 0 heterocycles. The first-order valence-electron chi connectivity index (χ1n) is 21.6. The minimum absolute atomic E-state index is 0.251. The molecule has 0 radical (unpaired) electrons. The maximum absolute atomic E-state index is 2.48. The molecule has 0 saturated heterocycles. The number of rotatable bonds is 8. The first kappa shape index (κ1) is 37.3. The van der Waals surface area contributed by atoms with Crippen LogP contribution in [0.3, 0.4) is 0 Å². The van der Waals surface area contributed by atoms with Crippen molar-refractivity contribution in [1.82, 2.24) is 0 Å². The molecule has 1 nitrogen and oxygen atoms in total. The third-order valence-corrected chi connectivity index (χ3v) is 12.9. The summed E-state index contributed by atoms with van der Waals surface area (Å²) in [6, 6.07) is 86.5. The second-order valence-corrected chi connectivity index (χ2v) is 16.9. The number of fused-ring (bicyclic) bond motifs is 5. The van der Waals surface area contributed by atoms with Crippen molar-refractivity contribution in [1.29, 1.82) is 0 Å². The smallest absolute Gasteiger partial charge is 0.0540 e. The monoisotopic (exact) mass is 791 g/mol. The Labute approximate surface area is 364 Å². The zero-order valence-corrected chi connectivity index (χ0v) is 35.0. The van der Waals surface area contributed by atoms with E-state index in [1.807, 2.05) is 0 Å². The molecule has 0 saturated carbocycles. The molecule has 1 aliphatic carbocycles. The van der Waals surface area contributed by atoms with Gasteiger partial charge in [-0.25, -0.2) is 0 Å². The average Bonchev–Trinajstić information content (AvgIpc) is 3.57. The minimum atomic E-state index is -0.251. The van der Waals surface area contributed by atoms with Gasteiger partial charge in [0.05, 0.1) is 5.69 Å². The number of nitrogens with zero attached hydrogens (tertiary/aromatic N) is 1. The summed E-state index contributed by atoms with van der Waals surface area (Å²) in [5, 5.41) is 2.57. The van der Waals surface area contributed by atoms with Crippen molar-refractivity contribution in [3.05, 3.63) is 248 Å². The Morgan fingerprint density at radius 2 is 0.710 bits per heavy atom. The highest BCUT2D eigenvalue weighted by Gasteiger charge is 2.38. The SMILES string of the molecule is CC1(C)c2cc(N(c3ccc(-c4ccccc4)cc3)c3ccccc3-c3ccc(-c4ccccc4)cc3)ccc2-c2c1cc(-c1ccc(-c3ccccc3)cc1)c1ccccc21. The summed E-state index contributed by atoms with van der Waals surface area (Å²) in [5.74, 6) is 0. The Morgan fingerprint density at radius 1 is 0.290 bits per heavy atom. The molecule has 0 spiro atoms. The number of hydrogen-bond donors (Lipinski definition) is 0. The van der Waals surface area contributed by atoms with Crippen molar-refractivity contribution in [3.8, 4) is 66.8 Å². The summed E-state index contributed by atoms with van der Waals surface area (Å²) >= 11 is 0. The van der Waals surface area contributed by atoms with Crippen molar-refractivity contribution in [2.45, 2.75) is 19.3 Å². The van der Waals surface area contributed by atoms with Gasteiger partial charge in [-0.05, 0) is 119 Å². The van der Waals surface area contributed by atoms with Gasteiger partial charge in [0.25, 0.3) is 0 Å². The third kappa shape index (κ3) is 6.51. The van der Waals surface area contributed by atoms with E-state index in [0.29, 0.717) is 0 Å². The third-order valence-electron chi connectivity index (χ3n) is 12.9. The molecule has 0 N–H and O–H groups in total. The van der Waals surface area contributed by atoms with Crippen LogP contribution >= 0.6 is 0 Å². The lowest BCUT2D eigenvalue weighted by Crippen LogP contribution is -2.17. The van der Waals surface area contributed by atoms with Crippen molar-refractivity contribution in [2.75, 3.05) is 4.90 Å². The van der Waals surface area contributed by atoms with Gasteiger partial charge < -0.3 is 4.90 Å². The van der Waals surface area contributed by atoms with Crippen LogP contribution in [0.15, 0.2) is 237 Å². The van der Waals surface area contributed by atoms with Crippen LogP contribution in [0.1, 0.15) is 25.0 Å². The first-order chi connectivity index (χ1) is 30.5. The molecular formula is C61H45N. The predicted molar refractivity (Wildman–Crippen MR) is 263 cm³/mol. The van der Waals surface area contributed by atoms with Crippen LogP contribution in [0.2, 0.25) is 0 Å². The first-order valence-corrected chi connectivity index (χ1v) is 21.6. The molecule has 11 rings (SSSR count). The predicted octanol–water partition coefficient (Wildman–Crippen LogP) is 17.0. The van der Waals surface area contributed by atoms with Gasteiger partial charge in [0, 0.05) is 22.4 Å². The molecule has 294 valence electrons. The zero-order valence-electron chi connectivity index (χ0n) is 35.0. The van der Waals surface area contributed by atoms with Gasteiger partial charge in [-0.3, -0.25) is 0 Å². The molecular weight excluding hydrogens is 747 g/mol. The Morgan fingerprint density at radius 3 is 1.27 bits per heavy atom. The van der Waals surface area contributed by atoms with E-state index in [4.69, 9.17) is 0 Å². The molecule has 0 fully saturated rings. The van der Waals surface area contributed by atoms with Gasteiger partial charge in [-0.2, -0.15) is 0 Å². The van der Waals surface area contributed by atoms with E-state index < -0.39 is 0 Å². The van der Waals surface area contributed by atoms with Crippen molar-refractivity contribution >= 4 is 27.8 Å². The summed E-state index contributed by atoms with van der Waals surface area (Å²) < 4.78 is 0. The minimum Gasteiger partial charge on any atom is -0.310 e. The fourth-order valence-electron chi connectivity index (χ4n) is 9.67. The molecule has 0 atom stereocenters. The largest absolute Gasteiger partial charge is 0.310 e. The van der Waals surface area contributed by atoms with Crippen molar-refractivity contribution in [3.63, 3.8) is 0 Å². The van der Waals surface area contributed by atoms with Gasteiger partial charge in [0.2, 0.25) is 0 Å². The van der Waals surface area contributed by atoms with E-state index in [-0.39, 0.29) is 5.41 Å². The molecule has 62 heavy (non-hydrogen) atoms. The molecule has 0 aliphatic heterocycles. The highest BCUT2D eigenvalue weighted by molar-refractivity contribution is 6.09. The van der Waals surface area contributed by atoms with Gasteiger partial charge in [-0.1, -0.05) is 214 Å². The van der Waals surface area contributed by atoms with Crippen molar-refractivity contribution < 1.29 is 0 Å². The summed E-state index contributed by atoms with van der Waals surface area (Å²) in [6.07, 6.45) is 0. The van der Waals surface area contributed by atoms with Crippen LogP contribution in [0.4, 0.5) is 17.1 Å². The maximum Gasteiger partial charge on any atom is 0.0540 e. The van der Waals surface area contributed by atoms with Crippen molar-refractivity contribution in [2.24, 2.45) is 0 Å². The lowest BCUT2D eigenvalue weighted by atomic mass is 9.80. The highest BCUT2D eigenvalue weighted by Crippen LogP contribution is 2.55. The topological polar surface area (TPSA) is 3.24 Å². The van der Waals surface area contributed by atoms with Gasteiger partial charge in [0.15, 0.2) is 0 Å². The summed E-state index contributed by atoms with van der Waals surface area (Å²) in [4.78, 5) is 2.45. The van der Waals surface area contributed by atoms with Gasteiger partial charge in [-0.15, -0.1) is 0 Å². The Balaban J connectivity index is 1.04. The molecule has 0 amide bonds. The lowest BCUT2D eigenvalue weighted by Gasteiger charge is -2.30. The van der Waals surface area contributed by atoms with E-state index in [1.165, 1.54) is 88.7 Å². The quantitative estimate of drug-likeness (QED) is 0.148. The highest BCUT2D eigenvalue weighted by atomic mass is 15.1. The van der Waals surface area contributed by atoms with E-state index in [1.54, 1.807) is 0 Å². The fourth-order valence-corrected chi connectivity index (χ4v) is 9.67. The van der Waals surface area contributed by atoms with E-state index >= 15 is 0 Å². The Kier molecular flexibility index (Phi) is 9.24. The zero-order chi connectivity index (χ0) is 41.6. The number of para-hydroxylation sites is 1. The maximum atomic E-state index is 2.48. The second-order valence-electron chi connectivity index (χ2n) is 16.9. The molecule has 10 aromatic rings. The van der Waals surface area contributed by atoms with Gasteiger partial charge >= 0.3 is 0 Å². The molecule has 0 aromatic heterocycles. The lowest BCUT2D eigenvalue weighted by molar-refractivity contribution is 0.661. The van der Waals surface area contributed by atoms with Crippen LogP contribution in [0.25, 0.3) is 77.5 Å². The summed E-state index contributed by atoms with van der Waals surface area (Å²) in [6.45, 7) is 4.81. The second kappa shape index (κ2) is 15.4. The summed E-state index contributed by atoms with van der Waals surface area (Å²) in [5.41, 5.74) is 20.6. The van der Waals surface area contributed by atoms with Crippen LogP contribution in [0.5, 0.6) is 0 Å². The van der Waals surface area contributed by atoms with E-state index in [9.17, 15) is 0 Å². The Hall–Kier alpha value is -7.74. The van der Waals surface area contributed by atoms with Crippen LogP contribution < -0.4 is 4.90 Å². The normalized spacial score (nSPS) is 12.5. The fraction of sp³-hybridized carbons (Fsp3) is 0.0492. The number of anilines is 3. The molecule has 0 bridgehead atoms. The van der Waals surface area contributed by atoms with Crippen LogP contribution in [-0.2, 0) is 5.41 Å². The summed E-state index contributed by atoms with van der Waals surface area (Å²) in [7, 11) is 0. The Bertz CT molecular complexity index is 3200. The molecule has 10 aromatic carbocycles. The van der Waals surface area contributed by atoms with Crippen LogP contribution in [-0.4, -0.2) is 0 Å². The molecule has 1 heteroatoms. The van der Waals surface area contributed by atoms with Crippen LogP contribution in [0, 0.1) is 0 Å². The van der Waals surface area contributed by atoms with E-state index in [0.717, 1.165) is 17.1 Å². The number of benzene rings is 10. The van der Waals surface area contributed by atoms with E-state index in [2.05, 4.69) is 255 Å². The molecule has 0 unspecified atom stereocenters. The number of hydrogen-bond acceptors (Lipinski definition) is 1.